The summed E-state index contributed by atoms with van der Waals surface area (Å²) in [6, 6.07) is 18.5. The van der Waals surface area contributed by atoms with Gasteiger partial charge in [-0.3, -0.25) is 19.2 Å². The van der Waals surface area contributed by atoms with E-state index in [-0.39, 0.29) is 18.2 Å². The highest BCUT2D eigenvalue weighted by molar-refractivity contribution is 5.75. The lowest BCUT2D eigenvalue weighted by Crippen LogP contribution is -2.21. The Morgan fingerprint density at radius 3 is 0.990 bits per heavy atom. The molecule has 0 saturated heterocycles. The summed E-state index contributed by atoms with van der Waals surface area (Å²) in [5.41, 5.74) is 19.0. The molecule has 0 atom stereocenters. The lowest BCUT2D eigenvalue weighted by atomic mass is 10.2. The number of carbonyl (C=O) groups excluding carboxylic acids is 2. The van der Waals surface area contributed by atoms with Crippen molar-refractivity contribution < 1.29 is 53.1 Å². The number of carbonyl (C=O) groups is 4. The van der Waals surface area contributed by atoms with Crippen molar-refractivity contribution in [2.45, 2.75) is 268 Å². The Morgan fingerprint density at radius 2 is 0.853 bits per heavy atom. The van der Waals surface area contributed by atoms with Gasteiger partial charge in [0.2, 0.25) is 11.8 Å². The summed E-state index contributed by atoms with van der Waals surface area (Å²) in [6.45, 7) is 50.9. The number of ether oxygens (including phenoxy) is 5. The highest BCUT2D eigenvalue weighted by Gasteiger charge is 1.95. The Morgan fingerprint density at radius 1 is 0.520 bits per heavy atom. The first-order valence-electron chi connectivity index (χ1n) is 37.4. The Balaban J connectivity index is -0.0000000551. The van der Waals surface area contributed by atoms with Crippen LogP contribution < -0.4 is 22.5 Å². The van der Waals surface area contributed by atoms with Crippen molar-refractivity contribution in [3.8, 4) is 12.3 Å². The predicted molar refractivity (Wildman–Crippen MR) is 454 cm³/mol. The van der Waals surface area contributed by atoms with E-state index in [4.69, 9.17) is 37.6 Å². The number of hydrogen-bond acceptors (Lipinski definition) is 14. The van der Waals surface area contributed by atoms with E-state index in [1.807, 2.05) is 117 Å². The summed E-state index contributed by atoms with van der Waals surface area (Å²) in [4.78, 5) is 44.4. The molecule has 0 aliphatic rings. The Kier molecular flexibility index (Phi) is 205. The minimum atomic E-state index is -0.833. The van der Waals surface area contributed by atoms with Crippen molar-refractivity contribution in [3.05, 3.63) is 108 Å². The van der Waals surface area contributed by atoms with Gasteiger partial charge in [0, 0.05) is 94.9 Å². The molecule has 0 heterocycles. The van der Waals surface area contributed by atoms with Crippen molar-refractivity contribution >= 4 is 23.8 Å². The topological polar surface area (TPSA) is 255 Å². The van der Waals surface area contributed by atoms with Gasteiger partial charge in [-0.2, -0.15) is 0 Å². The first-order chi connectivity index (χ1) is 48.4. The molecule has 0 bridgehead atoms. The number of nitrogens with zero attached hydrogens (tertiary/aromatic N) is 3. The predicted octanol–water partition coefficient (Wildman–Crippen LogP) is 19.5. The standard InChI is InChI=1S/C8H11N.C7H8.C7H16.C6H15N.C6H14O.C6H14.C6H12.C5H11NO.C5H9N.C4H10O2.2C4H8.C3H7NO.C3H9N.C3H8O2.C3H6O2.C2H7N.C2H4O2/c1-7-2-4-8(6-9)5-3-7;1-7-5-3-2-4-6-7;1-3-5-7-6-4-2;1-4-7(5-2)6-3;1-3-5-7-6-4-2;2*1-3-5-6-4-2;1-4-5(7)6(2)3;1-2-3-4-5-6;1-5-3-4-6-2;2*1-3-4-2;1-2-3(4)5;1-4(2)3;1-4-3-5-2;1-2-3(4)5;1-3-2;1-2(3)4/h2-5H,6,9H2,1H3;2-6H,1H3;3-7H2,1-2H3;4-6H2,1-3H3;3-6H2,1-2H3;3-6H2,1-2H3;3,5H,4,6H2,1-2H3;4H2,1-3H3;1H,3-6H2;3-4H2,1-2H3;2*3-4H,1-2H3;2H2,1H3,(H2,4,5);1-3H3;3H2,1-2H3;2H2,1H3,(H,4,5);3H,1-2H3;1H3,(H,3,4)/b;;;;;;5-3+;;;;2*4-3+;;;;;;. The van der Waals surface area contributed by atoms with Crippen LogP contribution in [0, 0.1) is 26.2 Å². The Bertz CT molecular complexity index is 1700. The van der Waals surface area contributed by atoms with Crippen molar-refractivity contribution in [1.82, 2.24) is 20.0 Å². The third-order valence-electron chi connectivity index (χ3n) is 10.6. The number of rotatable bonds is 27. The first-order valence-corrected chi connectivity index (χ1v) is 37.4. The summed E-state index contributed by atoms with van der Waals surface area (Å²) in [7, 11) is 19.7. The fourth-order valence-corrected chi connectivity index (χ4v) is 4.64. The van der Waals surface area contributed by atoms with Gasteiger partial charge in [-0.25, -0.2) is 0 Å². The van der Waals surface area contributed by atoms with Gasteiger partial charge in [0.15, 0.2) is 0 Å². The number of benzene rings is 2. The van der Waals surface area contributed by atoms with E-state index in [0.29, 0.717) is 45.9 Å². The molecule has 614 valence electrons. The van der Waals surface area contributed by atoms with Gasteiger partial charge in [0.1, 0.15) is 6.79 Å². The molecule has 0 unspecified atom stereocenters. The zero-order valence-electron chi connectivity index (χ0n) is 73.2. The number of nitrogens with one attached hydrogen (secondary N) is 1. The maximum absolute atomic E-state index is 10.4. The number of hydrogen-bond donors (Lipinski definition) is 6. The fraction of sp³-hybridized carbons (Fsp3) is 0.714. The molecule has 2 amide bonds. The van der Waals surface area contributed by atoms with Crippen molar-refractivity contribution in [2.75, 3.05) is 137 Å². The molecule has 0 aliphatic carbocycles. The van der Waals surface area contributed by atoms with Crippen molar-refractivity contribution in [2.24, 2.45) is 17.2 Å². The van der Waals surface area contributed by atoms with Crippen LogP contribution in [0.15, 0.2) is 91.1 Å². The molecule has 0 aromatic heterocycles. The summed E-state index contributed by atoms with van der Waals surface area (Å²) in [5, 5.41) is 17.9. The van der Waals surface area contributed by atoms with Crippen LogP contribution in [0.2, 0.25) is 0 Å². The van der Waals surface area contributed by atoms with Gasteiger partial charge in [-0.15, -0.1) is 12.3 Å². The molecule has 102 heavy (non-hydrogen) atoms. The quantitative estimate of drug-likeness (QED) is 0.0210. The van der Waals surface area contributed by atoms with Gasteiger partial charge in [-0.05, 0) is 141 Å². The summed E-state index contributed by atoms with van der Waals surface area (Å²) in [5.74, 6) is 0.845. The zero-order chi connectivity index (χ0) is 83.1. The second-order valence-corrected chi connectivity index (χ2v) is 21.9. The number of aryl methyl sites for hydroxylation is 2. The average Bonchev–Trinajstić information content (AvgIpc) is 0.959. The van der Waals surface area contributed by atoms with Crippen LogP contribution in [0.5, 0.6) is 0 Å². The maximum atomic E-state index is 10.4. The highest BCUT2D eigenvalue weighted by atomic mass is 16.6. The number of carboxylic acids is 2. The Hall–Kier alpha value is -5.30. The van der Waals surface area contributed by atoms with Gasteiger partial charge < -0.3 is 71.1 Å². The van der Waals surface area contributed by atoms with Crippen LogP contribution in [-0.4, -0.2) is 186 Å². The highest BCUT2D eigenvalue weighted by Crippen LogP contribution is 2.01. The first kappa shape index (κ1) is 136. The van der Waals surface area contributed by atoms with E-state index in [1.165, 1.54) is 107 Å². The van der Waals surface area contributed by atoms with E-state index in [1.54, 1.807) is 61.3 Å². The van der Waals surface area contributed by atoms with Crippen molar-refractivity contribution in [3.63, 3.8) is 0 Å². The Labute approximate surface area is 635 Å². The van der Waals surface area contributed by atoms with Gasteiger partial charge >= 0.3 is 5.97 Å². The molecule has 9 N–H and O–H groups in total. The summed E-state index contributed by atoms with van der Waals surface area (Å²) >= 11 is 0. The van der Waals surface area contributed by atoms with Gasteiger partial charge in [-0.1, -0.05) is 256 Å². The molecule has 0 saturated carbocycles. The van der Waals surface area contributed by atoms with Crippen LogP contribution >= 0.6 is 0 Å². The van der Waals surface area contributed by atoms with Gasteiger partial charge in [0.25, 0.3) is 5.97 Å². The van der Waals surface area contributed by atoms with Crippen LogP contribution in [0.3, 0.4) is 0 Å². The monoisotopic (exact) mass is 1460 g/mol. The number of nitrogens with two attached hydrogens (primary N) is 3. The largest absolute Gasteiger partial charge is 0.481 e. The number of primary amides is 1. The van der Waals surface area contributed by atoms with Crippen LogP contribution in [0.4, 0.5) is 0 Å². The average molecular weight is 1460 g/mol. The molecular weight excluding hydrogens is 1280 g/mol. The van der Waals surface area contributed by atoms with E-state index in [2.05, 4.69) is 179 Å². The molecule has 0 aliphatic heterocycles. The van der Waals surface area contributed by atoms with E-state index in [0.717, 1.165) is 45.8 Å². The van der Waals surface area contributed by atoms with Crippen LogP contribution in [0.25, 0.3) is 0 Å². The third kappa shape index (κ3) is 278. The number of carboxylic acid groups (broad SMARTS) is 2. The number of aliphatic carboxylic acids is 2. The fourth-order valence-electron chi connectivity index (χ4n) is 4.64. The number of amides is 2. The maximum Gasteiger partial charge on any atom is 0.303 e. The molecule has 2 aromatic carbocycles. The normalized spacial score (nSPS) is 8.77. The molecule has 0 radical (unpaired) electrons. The second kappa shape index (κ2) is 154. The zero-order valence-corrected chi connectivity index (χ0v) is 73.2. The SMILES string of the molecule is C#CCCCN.C/C=C/C.C/C=C/C.C/C=C/CCC.CC(=O)O.CCC(=O)N(C)C.CCC(=O)O.CCC(N)=O.CCCCCC.CCCCCCC.CCCOCCC.CCN(CC)CC.CN(C)C.CNC.COCCOC.COCOC.Cc1ccc(CN)cc1.Cc1ccccc1. The van der Waals surface area contributed by atoms with E-state index < -0.39 is 11.9 Å². The molecule has 18 heteroatoms. The number of allylic oxidation sites excluding steroid dienone is 6. The van der Waals surface area contributed by atoms with Crippen molar-refractivity contribution in [1.29, 1.82) is 0 Å². The van der Waals surface area contributed by atoms with E-state index >= 15 is 0 Å². The van der Waals surface area contributed by atoms with Crippen LogP contribution in [0.1, 0.15) is 264 Å². The smallest absolute Gasteiger partial charge is 0.303 e. The van der Waals surface area contributed by atoms with E-state index in [9.17, 15) is 14.4 Å². The van der Waals surface area contributed by atoms with Gasteiger partial charge in [0.05, 0.1) is 13.2 Å². The number of methoxy groups -OCH3 is 4. The lowest BCUT2D eigenvalue weighted by molar-refractivity contribution is -0.137. The number of terminal acetylenes is 1. The summed E-state index contributed by atoms with van der Waals surface area (Å²) in [6.07, 6.45) is 37.5. The molecule has 0 fully saturated rings. The molecular formula is C84H177N7O11. The lowest BCUT2D eigenvalue weighted by Gasteiger charge is -2.13. The second-order valence-electron chi connectivity index (χ2n) is 21.9. The minimum absolute atomic E-state index is 0.181. The molecule has 2 rings (SSSR count). The third-order valence-corrected chi connectivity index (χ3v) is 10.6. The minimum Gasteiger partial charge on any atom is -0.481 e. The molecule has 18 nitrogen and oxygen atoms in total. The molecule has 2 aromatic rings. The summed E-state index contributed by atoms with van der Waals surface area (Å²) < 4.78 is 23.4. The molecule has 0 spiro atoms. The number of unbranched alkanes of at least 4 members (excludes halogenated alkanes) is 9. The van der Waals surface area contributed by atoms with Crippen LogP contribution in [-0.2, 0) is 49.4 Å².